The van der Waals surface area contributed by atoms with E-state index < -0.39 is 0 Å². The summed E-state index contributed by atoms with van der Waals surface area (Å²) in [6, 6.07) is 4.82. The van der Waals surface area contributed by atoms with Crippen molar-refractivity contribution in [3.8, 4) is 11.3 Å². The van der Waals surface area contributed by atoms with Crippen LogP contribution < -0.4 is 5.73 Å². The second kappa shape index (κ2) is 3.96. The highest BCUT2D eigenvalue weighted by atomic mass is 19.1. The van der Waals surface area contributed by atoms with E-state index in [-0.39, 0.29) is 5.82 Å². The Morgan fingerprint density at radius 3 is 2.81 bits per heavy atom. The molecular weight excluding hydrogens is 207 g/mol. The van der Waals surface area contributed by atoms with Gasteiger partial charge in [0.15, 0.2) is 11.6 Å². The molecule has 0 aliphatic rings. The molecule has 1 aromatic carbocycles. The lowest BCUT2D eigenvalue weighted by atomic mass is 10.0. The molecule has 2 N–H and O–H groups in total. The first-order valence-corrected chi connectivity index (χ1v) is 5.14. The molecule has 3 nitrogen and oxygen atoms in total. The Kier molecular flexibility index (Phi) is 2.64. The minimum atomic E-state index is -0.228. The van der Waals surface area contributed by atoms with Crippen LogP contribution in [0.15, 0.2) is 22.7 Å². The molecule has 1 aromatic heterocycles. The number of nitrogens with two attached hydrogens (primary N) is 1. The van der Waals surface area contributed by atoms with Gasteiger partial charge in [0.05, 0.1) is 0 Å². The lowest BCUT2D eigenvalue weighted by Gasteiger charge is -2.01. The Labute approximate surface area is 93.1 Å². The van der Waals surface area contributed by atoms with Crippen LogP contribution in [0.5, 0.6) is 0 Å². The minimum Gasteiger partial charge on any atom is -0.381 e. The van der Waals surface area contributed by atoms with Crippen LogP contribution in [0.4, 0.5) is 10.2 Å². The van der Waals surface area contributed by atoms with Crippen LogP contribution in [0, 0.1) is 12.7 Å². The monoisotopic (exact) mass is 220 g/mol. The van der Waals surface area contributed by atoms with Crippen LogP contribution in [-0.2, 0) is 6.42 Å². The molecule has 0 saturated carbocycles. The maximum absolute atomic E-state index is 13.1. The van der Waals surface area contributed by atoms with E-state index in [2.05, 4.69) is 5.16 Å². The Morgan fingerprint density at radius 2 is 2.19 bits per heavy atom. The summed E-state index contributed by atoms with van der Waals surface area (Å²) in [6.07, 6.45) is 0.737. The Bertz CT molecular complexity index is 520. The number of nitrogens with zero attached hydrogens (tertiary/aromatic N) is 1. The second-order valence-electron chi connectivity index (χ2n) is 3.69. The summed E-state index contributed by atoms with van der Waals surface area (Å²) in [5.74, 6) is 0.803. The van der Waals surface area contributed by atoms with Crippen molar-refractivity contribution in [2.45, 2.75) is 20.3 Å². The highest BCUT2D eigenvalue weighted by Gasteiger charge is 2.14. The van der Waals surface area contributed by atoms with Gasteiger partial charge in [-0.2, -0.15) is 0 Å². The van der Waals surface area contributed by atoms with E-state index in [1.54, 1.807) is 19.1 Å². The first-order valence-electron chi connectivity index (χ1n) is 5.14. The van der Waals surface area contributed by atoms with Crippen LogP contribution in [0.1, 0.15) is 18.1 Å². The molecule has 0 bridgehead atoms. The summed E-state index contributed by atoms with van der Waals surface area (Å²) in [5.41, 5.74) is 7.93. The van der Waals surface area contributed by atoms with Gasteiger partial charge in [-0.05, 0) is 37.1 Å². The van der Waals surface area contributed by atoms with Gasteiger partial charge in [0.2, 0.25) is 0 Å². The molecule has 0 unspecified atom stereocenters. The molecule has 4 heteroatoms. The molecule has 2 aromatic rings. The standard InChI is InChI=1S/C12H13FN2O/c1-3-9-11(16-15-12(9)14)8-4-5-10(13)7(2)6-8/h4-6H,3H2,1-2H3,(H2,14,15). The topological polar surface area (TPSA) is 52.0 Å². The summed E-state index contributed by atoms with van der Waals surface area (Å²) in [4.78, 5) is 0. The van der Waals surface area contributed by atoms with E-state index in [1.807, 2.05) is 6.92 Å². The van der Waals surface area contributed by atoms with Crippen molar-refractivity contribution in [3.05, 3.63) is 35.1 Å². The second-order valence-corrected chi connectivity index (χ2v) is 3.69. The van der Waals surface area contributed by atoms with Crippen LogP contribution in [-0.4, -0.2) is 5.16 Å². The number of anilines is 1. The number of hydrogen-bond donors (Lipinski definition) is 1. The first-order chi connectivity index (χ1) is 7.63. The van der Waals surface area contributed by atoms with Crippen LogP contribution >= 0.6 is 0 Å². The zero-order chi connectivity index (χ0) is 11.7. The third kappa shape index (κ3) is 1.66. The number of hydrogen-bond acceptors (Lipinski definition) is 3. The predicted octanol–water partition coefficient (Wildman–Crippen LogP) is 2.93. The van der Waals surface area contributed by atoms with Crippen LogP contribution in [0.3, 0.4) is 0 Å². The Hall–Kier alpha value is -1.84. The molecule has 0 aliphatic heterocycles. The molecule has 0 aliphatic carbocycles. The smallest absolute Gasteiger partial charge is 0.172 e. The fourth-order valence-corrected chi connectivity index (χ4v) is 1.68. The number of aromatic nitrogens is 1. The van der Waals surface area contributed by atoms with E-state index >= 15 is 0 Å². The average molecular weight is 220 g/mol. The van der Waals surface area contributed by atoms with Crippen molar-refractivity contribution in [1.82, 2.24) is 5.16 Å². The van der Waals surface area contributed by atoms with Crippen molar-refractivity contribution in [2.75, 3.05) is 5.73 Å². The van der Waals surface area contributed by atoms with Crippen molar-refractivity contribution < 1.29 is 8.91 Å². The third-order valence-corrected chi connectivity index (χ3v) is 2.59. The number of aryl methyl sites for hydroxylation is 1. The molecule has 0 radical (unpaired) electrons. The Morgan fingerprint density at radius 1 is 1.44 bits per heavy atom. The van der Waals surface area contributed by atoms with E-state index in [4.69, 9.17) is 10.3 Å². The van der Waals surface area contributed by atoms with Gasteiger partial charge in [0, 0.05) is 11.1 Å². The average Bonchev–Trinajstić information content (AvgIpc) is 2.63. The van der Waals surface area contributed by atoms with Crippen molar-refractivity contribution in [2.24, 2.45) is 0 Å². The zero-order valence-electron chi connectivity index (χ0n) is 9.25. The third-order valence-electron chi connectivity index (χ3n) is 2.59. The lowest BCUT2D eigenvalue weighted by molar-refractivity contribution is 0.435. The Balaban J connectivity index is 2.54. The van der Waals surface area contributed by atoms with Gasteiger partial charge >= 0.3 is 0 Å². The normalized spacial score (nSPS) is 10.7. The number of nitrogen functional groups attached to an aromatic ring is 1. The fraction of sp³-hybridized carbons (Fsp3) is 0.250. The van der Waals surface area contributed by atoms with Gasteiger partial charge in [-0.1, -0.05) is 12.1 Å². The van der Waals surface area contributed by atoms with E-state index in [1.165, 1.54) is 6.07 Å². The molecule has 0 atom stereocenters. The van der Waals surface area contributed by atoms with Gasteiger partial charge in [-0.3, -0.25) is 0 Å². The number of rotatable bonds is 2. The van der Waals surface area contributed by atoms with Crippen LogP contribution in [0.2, 0.25) is 0 Å². The zero-order valence-corrected chi connectivity index (χ0v) is 9.25. The first kappa shape index (κ1) is 10.7. The van der Waals surface area contributed by atoms with Gasteiger partial charge in [-0.15, -0.1) is 0 Å². The van der Waals surface area contributed by atoms with Gasteiger partial charge in [0.25, 0.3) is 0 Å². The predicted molar refractivity (Wildman–Crippen MR) is 60.4 cm³/mol. The molecule has 1 heterocycles. The van der Waals surface area contributed by atoms with Gasteiger partial charge < -0.3 is 10.3 Å². The fourth-order valence-electron chi connectivity index (χ4n) is 1.68. The highest BCUT2D eigenvalue weighted by molar-refractivity contribution is 5.66. The molecule has 84 valence electrons. The van der Waals surface area contributed by atoms with Crippen LogP contribution in [0.25, 0.3) is 11.3 Å². The van der Waals surface area contributed by atoms with Crippen molar-refractivity contribution in [3.63, 3.8) is 0 Å². The molecule has 0 spiro atoms. The number of benzene rings is 1. The van der Waals surface area contributed by atoms with E-state index in [0.717, 1.165) is 17.5 Å². The van der Waals surface area contributed by atoms with Crippen molar-refractivity contribution >= 4 is 5.82 Å². The van der Waals surface area contributed by atoms with Gasteiger partial charge in [0.1, 0.15) is 5.82 Å². The molecular formula is C12H13FN2O. The van der Waals surface area contributed by atoms with Crippen molar-refractivity contribution in [1.29, 1.82) is 0 Å². The molecule has 16 heavy (non-hydrogen) atoms. The minimum absolute atomic E-state index is 0.228. The highest BCUT2D eigenvalue weighted by Crippen LogP contribution is 2.29. The summed E-state index contributed by atoms with van der Waals surface area (Å²) in [7, 11) is 0. The quantitative estimate of drug-likeness (QED) is 0.846. The molecule has 0 saturated heterocycles. The summed E-state index contributed by atoms with van der Waals surface area (Å²) < 4.78 is 18.3. The maximum atomic E-state index is 13.1. The van der Waals surface area contributed by atoms with Gasteiger partial charge in [-0.25, -0.2) is 4.39 Å². The summed E-state index contributed by atoms with van der Waals surface area (Å²) in [6.45, 7) is 3.69. The molecule has 0 amide bonds. The van der Waals surface area contributed by atoms with E-state index in [9.17, 15) is 4.39 Å². The molecule has 0 fully saturated rings. The SMILES string of the molecule is CCc1c(N)noc1-c1ccc(F)c(C)c1. The lowest BCUT2D eigenvalue weighted by Crippen LogP contribution is -1.91. The maximum Gasteiger partial charge on any atom is 0.172 e. The number of halogens is 1. The van der Waals surface area contributed by atoms with E-state index in [0.29, 0.717) is 17.1 Å². The summed E-state index contributed by atoms with van der Waals surface area (Å²) in [5, 5.41) is 3.72. The molecule has 2 rings (SSSR count). The summed E-state index contributed by atoms with van der Waals surface area (Å²) >= 11 is 0. The largest absolute Gasteiger partial charge is 0.381 e.